The molecular weight excluding hydrogens is 388 g/mol. The highest BCUT2D eigenvalue weighted by atomic mass is 35.5. The number of benzene rings is 1. The Morgan fingerprint density at radius 3 is 2.70 bits per heavy atom. The van der Waals surface area contributed by atoms with Crippen molar-refractivity contribution in [3.63, 3.8) is 0 Å². The van der Waals surface area contributed by atoms with Crippen molar-refractivity contribution in [2.45, 2.75) is 13.0 Å². The maximum atomic E-state index is 12.4. The second kappa shape index (κ2) is 8.95. The zero-order valence-electron chi connectivity index (χ0n) is 15.2. The Balaban J connectivity index is 1.43. The van der Waals surface area contributed by atoms with Gasteiger partial charge in [-0.15, -0.1) is 0 Å². The molecule has 0 spiro atoms. The number of nitrogens with one attached hydrogen (secondary N) is 2. The molecule has 2 aliphatic heterocycles. The van der Waals surface area contributed by atoms with Gasteiger partial charge in [0.2, 0.25) is 5.91 Å². The first-order chi connectivity index (χ1) is 13.0. The molecule has 0 radical (unpaired) electrons. The lowest BCUT2D eigenvalue weighted by Gasteiger charge is -2.36. The first kappa shape index (κ1) is 20.0. The Morgan fingerprint density at radius 1 is 1.33 bits per heavy atom. The van der Waals surface area contributed by atoms with Gasteiger partial charge in [-0.3, -0.25) is 19.3 Å². The van der Waals surface area contributed by atoms with E-state index in [9.17, 15) is 14.4 Å². The van der Waals surface area contributed by atoms with Crippen molar-refractivity contribution in [1.29, 1.82) is 0 Å². The van der Waals surface area contributed by atoms with Crippen LogP contribution in [0.1, 0.15) is 6.92 Å². The Morgan fingerprint density at radius 2 is 2.07 bits per heavy atom. The van der Waals surface area contributed by atoms with E-state index in [0.717, 1.165) is 48.7 Å². The average molecular weight is 412 g/mol. The maximum Gasteiger partial charge on any atom is 0.288 e. The van der Waals surface area contributed by atoms with E-state index in [1.807, 2.05) is 31.2 Å². The summed E-state index contributed by atoms with van der Waals surface area (Å²) in [6, 6.07) is 7.64. The van der Waals surface area contributed by atoms with Gasteiger partial charge in [-0.1, -0.05) is 29.4 Å². The molecule has 0 aliphatic carbocycles. The molecule has 1 aromatic carbocycles. The number of hydrogen-bond acceptors (Lipinski definition) is 5. The number of piperazine rings is 1. The SMILES string of the molecule is C[C@H](C(=O)NCCN1C(=O)CSC1=O)[NH+]1CCN(c2cccc(Cl)c2)CC1. The van der Waals surface area contributed by atoms with E-state index in [0.29, 0.717) is 6.54 Å². The number of rotatable bonds is 6. The van der Waals surface area contributed by atoms with Gasteiger partial charge in [-0.05, 0) is 25.1 Å². The number of carbonyl (C=O) groups is 3. The standard InChI is InChI=1S/C18H23ClN4O3S/c1-13(17(25)20-5-6-23-16(24)12-27-18(23)26)21-7-9-22(10-8-21)15-4-2-3-14(19)11-15/h2-4,11,13H,5-10,12H2,1H3,(H,20,25)/p+1/t13-/m1/s1. The van der Waals surface area contributed by atoms with Crippen LogP contribution in [-0.2, 0) is 9.59 Å². The van der Waals surface area contributed by atoms with Crippen LogP contribution in [0.25, 0.3) is 0 Å². The normalized spacial score (nSPS) is 19.5. The molecular formula is C18H24ClN4O3S+. The molecule has 9 heteroatoms. The van der Waals surface area contributed by atoms with E-state index < -0.39 is 0 Å². The summed E-state index contributed by atoms with van der Waals surface area (Å²) in [5, 5.41) is 3.35. The minimum absolute atomic E-state index is 0.0482. The summed E-state index contributed by atoms with van der Waals surface area (Å²) in [5.74, 6) is -0.0347. The van der Waals surface area contributed by atoms with Crippen molar-refractivity contribution < 1.29 is 19.3 Å². The van der Waals surface area contributed by atoms with E-state index in [-0.39, 0.29) is 35.4 Å². The molecule has 27 heavy (non-hydrogen) atoms. The minimum atomic E-state index is -0.231. The first-order valence-corrected chi connectivity index (χ1v) is 10.4. The molecule has 1 atom stereocenters. The highest BCUT2D eigenvalue weighted by Gasteiger charge is 2.31. The van der Waals surface area contributed by atoms with Crippen LogP contribution in [0.5, 0.6) is 0 Å². The van der Waals surface area contributed by atoms with E-state index >= 15 is 0 Å². The summed E-state index contributed by atoms with van der Waals surface area (Å²) in [6.07, 6.45) is 0. The van der Waals surface area contributed by atoms with E-state index in [1.54, 1.807) is 0 Å². The lowest BCUT2D eigenvalue weighted by atomic mass is 10.2. The summed E-state index contributed by atoms with van der Waals surface area (Å²) in [6.45, 7) is 5.90. The highest BCUT2D eigenvalue weighted by molar-refractivity contribution is 8.14. The van der Waals surface area contributed by atoms with Crippen LogP contribution in [0.2, 0.25) is 5.02 Å². The van der Waals surface area contributed by atoms with Crippen LogP contribution in [0, 0.1) is 0 Å². The zero-order valence-corrected chi connectivity index (χ0v) is 16.8. The fraction of sp³-hybridized carbons (Fsp3) is 0.500. The second-order valence-electron chi connectivity index (χ2n) is 6.74. The van der Waals surface area contributed by atoms with Crippen LogP contribution in [-0.4, -0.2) is 73.0 Å². The van der Waals surface area contributed by atoms with E-state index in [2.05, 4.69) is 10.2 Å². The number of amides is 3. The van der Waals surface area contributed by atoms with Crippen molar-refractivity contribution in [2.75, 3.05) is 49.9 Å². The summed E-state index contributed by atoms with van der Waals surface area (Å²) >= 11 is 7.07. The lowest BCUT2D eigenvalue weighted by molar-refractivity contribution is -0.914. The second-order valence-corrected chi connectivity index (χ2v) is 8.10. The fourth-order valence-electron chi connectivity index (χ4n) is 3.38. The molecule has 2 heterocycles. The predicted octanol–water partition coefficient (Wildman–Crippen LogP) is 0.245. The highest BCUT2D eigenvalue weighted by Crippen LogP contribution is 2.19. The third kappa shape index (κ3) is 4.94. The van der Waals surface area contributed by atoms with Crippen LogP contribution in [0.15, 0.2) is 24.3 Å². The molecule has 0 aromatic heterocycles. The van der Waals surface area contributed by atoms with Gasteiger partial charge in [0.1, 0.15) is 0 Å². The maximum absolute atomic E-state index is 12.4. The van der Waals surface area contributed by atoms with Crippen LogP contribution >= 0.6 is 23.4 Å². The smallest absolute Gasteiger partial charge is 0.288 e. The Kier molecular flexibility index (Phi) is 6.62. The molecule has 0 saturated carbocycles. The summed E-state index contributed by atoms with van der Waals surface area (Å²) in [5.41, 5.74) is 1.11. The number of nitrogens with zero attached hydrogens (tertiary/aromatic N) is 2. The Hall–Kier alpha value is -1.77. The van der Waals surface area contributed by atoms with Crippen molar-refractivity contribution in [2.24, 2.45) is 0 Å². The number of halogens is 1. The molecule has 2 saturated heterocycles. The van der Waals surface area contributed by atoms with Gasteiger partial charge < -0.3 is 15.1 Å². The summed E-state index contributed by atoms with van der Waals surface area (Å²) in [7, 11) is 0. The number of anilines is 1. The van der Waals surface area contributed by atoms with Gasteiger partial charge in [0.05, 0.1) is 31.9 Å². The number of quaternary nitrogens is 1. The zero-order chi connectivity index (χ0) is 19.4. The molecule has 0 unspecified atom stereocenters. The molecule has 2 N–H and O–H groups in total. The molecule has 3 amide bonds. The number of imide groups is 1. The fourth-order valence-corrected chi connectivity index (χ4v) is 4.32. The molecule has 2 aliphatic rings. The van der Waals surface area contributed by atoms with Gasteiger partial charge in [0.15, 0.2) is 6.04 Å². The largest absolute Gasteiger partial charge is 0.360 e. The van der Waals surface area contributed by atoms with Crippen molar-refractivity contribution in [1.82, 2.24) is 10.2 Å². The van der Waals surface area contributed by atoms with Gasteiger partial charge in [0, 0.05) is 23.8 Å². The monoisotopic (exact) mass is 411 g/mol. The molecule has 3 rings (SSSR count). The van der Waals surface area contributed by atoms with Crippen molar-refractivity contribution in [3.8, 4) is 0 Å². The number of thioether (sulfide) groups is 1. The van der Waals surface area contributed by atoms with Gasteiger partial charge >= 0.3 is 0 Å². The third-order valence-electron chi connectivity index (χ3n) is 5.06. The molecule has 1 aromatic rings. The average Bonchev–Trinajstić information content (AvgIpc) is 2.99. The Labute approximate surface area is 168 Å². The van der Waals surface area contributed by atoms with Gasteiger partial charge in [0.25, 0.3) is 11.1 Å². The number of hydrogen-bond donors (Lipinski definition) is 2. The minimum Gasteiger partial charge on any atom is -0.360 e. The topological polar surface area (TPSA) is 74.2 Å². The Bertz CT molecular complexity index is 708. The molecule has 7 nitrogen and oxygen atoms in total. The quantitative estimate of drug-likeness (QED) is 0.701. The van der Waals surface area contributed by atoms with Gasteiger partial charge in [-0.2, -0.15) is 0 Å². The molecule has 146 valence electrons. The van der Waals surface area contributed by atoms with Crippen LogP contribution in [0.3, 0.4) is 0 Å². The lowest BCUT2D eigenvalue weighted by Crippen LogP contribution is -3.19. The van der Waals surface area contributed by atoms with Crippen molar-refractivity contribution in [3.05, 3.63) is 29.3 Å². The van der Waals surface area contributed by atoms with Crippen LogP contribution < -0.4 is 15.1 Å². The molecule has 0 bridgehead atoms. The first-order valence-electron chi connectivity index (χ1n) is 9.05. The van der Waals surface area contributed by atoms with E-state index in [1.165, 1.54) is 9.80 Å². The van der Waals surface area contributed by atoms with E-state index in [4.69, 9.17) is 11.6 Å². The molecule has 2 fully saturated rings. The van der Waals surface area contributed by atoms with Crippen molar-refractivity contribution >= 4 is 46.1 Å². The van der Waals surface area contributed by atoms with Crippen LogP contribution in [0.4, 0.5) is 10.5 Å². The van der Waals surface area contributed by atoms with Gasteiger partial charge in [-0.25, -0.2) is 0 Å². The summed E-state index contributed by atoms with van der Waals surface area (Å²) in [4.78, 5) is 40.2. The number of carbonyl (C=O) groups excluding carboxylic acids is 3. The third-order valence-corrected chi connectivity index (χ3v) is 6.15. The predicted molar refractivity (Wildman–Crippen MR) is 106 cm³/mol. The summed E-state index contributed by atoms with van der Waals surface area (Å²) < 4.78 is 0.